The van der Waals surface area contributed by atoms with Crippen LogP contribution in [0.5, 0.6) is 0 Å². The molecule has 0 unspecified atom stereocenters. The molecule has 2 aliphatic rings. The van der Waals surface area contributed by atoms with Crippen molar-refractivity contribution in [1.29, 1.82) is 0 Å². The first-order valence-corrected chi connectivity index (χ1v) is 7.35. The first kappa shape index (κ1) is 16.0. The minimum Gasteiger partial charge on any atom is -0.467 e. The van der Waals surface area contributed by atoms with Crippen LogP contribution in [0.4, 0.5) is 9.18 Å². The second kappa shape index (κ2) is 5.14. The molecule has 1 spiro atoms. The zero-order valence-corrected chi connectivity index (χ0v) is 13.2. The second-order valence-electron chi connectivity index (χ2n) is 7.32. The maximum absolute atomic E-state index is 14.3. The van der Waals surface area contributed by atoms with Crippen molar-refractivity contribution in [3.8, 4) is 0 Å². The SMILES string of the molecule is COC(=O)C1(F)CC2(CCCN(C(=O)OC(C)(C)C)C2)C1. The molecule has 0 N–H and O–H groups in total. The van der Waals surface area contributed by atoms with Crippen LogP contribution in [0.25, 0.3) is 0 Å². The predicted molar refractivity (Wildman–Crippen MR) is 74.6 cm³/mol. The molecule has 1 saturated carbocycles. The summed E-state index contributed by atoms with van der Waals surface area (Å²) in [5.41, 5.74) is -2.74. The van der Waals surface area contributed by atoms with Gasteiger partial charge in [0.15, 0.2) is 0 Å². The van der Waals surface area contributed by atoms with Crippen LogP contribution >= 0.6 is 0 Å². The van der Waals surface area contributed by atoms with E-state index in [0.29, 0.717) is 13.1 Å². The van der Waals surface area contributed by atoms with Gasteiger partial charge in [0.05, 0.1) is 7.11 Å². The van der Waals surface area contributed by atoms with Gasteiger partial charge >= 0.3 is 12.1 Å². The number of carbonyl (C=O) groups excluding carboxylic acids is 2. The predicted octanol–water partition coefficient (Wildman–Crippen LogP) is 2.68. The van der Waals surface area contributed by atoms with Crippen LogP contribution in [0, 0.1) is 5.41 Å². The van der Waals surface area contributed by atoms with Crippen molar-refractivity contribution < 1.29 is 23.5 Å². The van der Waals surface area contributed by atoms with Crippen molar-refractivity contribution in [3.05, 3.63) is 0 Å². The largest absolute Gasteiger partial charge is 0.467 e. The van der Waals surface area contributed by atoms with Gasteiger partial charge in [-0.3, -0.25) is 0 Å². The molecule has 120 valence electrons. The molecule has 1 aliphatic carbocycles. The van der Waals surface area contributed by atoms with E-state index in [2.05, 4.69) is 4.74 Å². The van der Waals surface area contributed by atoms with E-state index in [4.69, 9.17) is 4.74 Å². The summed E-state index contributed by atoms with van der Waals surface area (Å²) in [6.45, 7) is 6.52. The van der Waals surface area contributed by atoms with E-state index in [9.17, 15) is 14.0 Å². The minimum atomic E-state index is -1.88. The Kier molecular flexibility index (Phi) is 3.93. The Bertz CT molecular complexity index is 437. The van der Waals surface area contributed by atoms with E-state index in [1.165, 1.54) is 7.11 Å². The van der Waals surface area contributed by atoms with Crippen LogP contribution in [0.1, 0.15) is 46.5 Å². The van der Waals surface area contributed by atoms with Crippen molar-refractivity contribution >= 4 is 12.1 Å². The number of piperidine rings is 1. The third kappa shape index (κ3) is 3.30. The summed E-state index contributed by atoms with van der Waals surface area (Å²) in [7, 11) is 1.20. The molecular formula is C15H24FNO4. The van der Waals surface area contributed by atoms with Gasteiger partial charge < -0.3 is 14.4 Å². The molecule has 1 aliphatic heterocycles. The van der Waals surface area contributed by atoms with Crippen LogP contribution in [0.2, 0.25) is 0 Å². The standard InChI is InChI=1S/C15H24FNO4/c1-13(2,3)21-12(19)17-7-5-6-14(10-17)8-15(16,9-14)11(18)20-4/h5-10H2,1-4H3. The Morgan fingerprint density at radius 2 is 1.86 bits per heavy atom. The van der Waals surface area contributed by atoms with Crippen LogP contribution < -0.4 is 0 Å². The monoisotopic (exact) mass is 301 g/mol. The second-order valence-corrected chi connectivity index (χ2v) is 7.32. The summed E-state index contributed by atoms with van der Waals surface area (Å²) in [5.74, 6) is -0.803. The lowest BCUT2D eigenvalue weighted by Gasteiger charge is -2.54. The molecule has 0 bridgehead atoms. The minimum absolute atomic E-state index is 0.131. The van der Waals surface area contributed by atoms with Crippen molar-refractivity contribution in [3.63, 3.8) is 0 Å². The third-order valence-corrected chi connectivity index (χ3v) is 4.17. The molecule has 2 rings (SSSR count). The maximum Gasteiger partial charge on any atom is 0.410 e. The first-order valence-electron chi connectivity index (χ1n) is 7.35. The van der Waals surface area contributed by atoms with E-state index in [1.54, 1.807) is 4.90 Å². The highest BCUT2D eigenvalue weighted by molar-refractivity contribution is 5.81. The number of halogens is 1. The Balaban J connectivity index is 1.97. The lowest BCUT2D eigenvalue weighted by atomic mass is 9.57. The van der Waals surface area contributed by atoms with Gasteiger partial charge in [-0.2, -0.15) is 0 Å². The number of esters is 1. The number of carbonyl (C=O) groups is 2. The van der Waals surface area contributed by atoms with Crippen molar-refractivity contribution in [2.45, 2.75) is 57.7 Å². The molecule has 0 radical (unpaired) electrons. The fourth-order valence-electron chi connectivity index (χ4n) is 3.44. The Hall–Kier alpha value is -1.33. The average molecular weight is 301 g/mol. The molecule has 0 aromatic rings. The topological polar surface area (TPSA) is 55.8 Å². The van der Waals surface area contributed by atoms with Gasteiger partial charge in [0, 0.05) is 13.1 Å². The third-order valence-electron chi connectivity index (χ3n) is 4.17. The number of amides is 1. The summed E-state index contributed by atoms with van der Waals surface area (Å²) in [6.07, 6.45) is 1.53. The molecule has 0 aromatic heterocycles. The molecule has 2 fully saturated rings. The lowest BCUT2D eigenvalue weighted by molar-refractivity contribution is -0.178. The lowest BCUT2D eigenvalue weighted by Crippen LogP contribution is -2.61. The fraction of sp³-hybridized carbons (Fsp3) is 0.867. The smallest absolute Gasteiger partial charge is 0.410 e. The normalized spacial score (nSPS) is 32.5. The number of alkyl halides is 1. The summed E-state index contributed by atoms with van der Waals surface area (Å²) in [6, 6.07) is 0. The van der Waals surface area contributed by atoms with Gasteiger partial charge in [0.25, 0.3) is 0 Å². The number of hydrogen-bond donors (Lipinski definition) is 0. The number of hydrogen-bond acceptors (Lipinski definition) is 4. The number of ether oxygens (including phenoxy) is 2. The molecule has 5 nitrogen and oxygen atoms in total. The van der Waals surface area contributed by atoms with Crippen LogP contribution in [0.3, 0.4) is 0 Å². The van der Waals surface area contributed by atoms with Gasteiger partial charge in [-0.1, -0.05) is 0 Å². The van der Waals surface area contributed by atoms with Crippen molar-refractivity contribution in [2.24, 2.45) is 5.41 Å². The summed E-state index contributed by atoms with van der Waals surface area (Å²) in [5, 5.41) is 0. The van der Waals surface area contributed by atoms with E-state index < -0.39 is 17.2 Å². The highest BCUT2D eigenvalue weighted by Crippen LogP contribution is 2.56. The van der Waals surface area contributed by atoms with E-state index >= 15 is 0 Å². The number of nitrogens with zero attached hydrogens (tertiary/aromatic N) is 1. The molecule has 0 aromatic carbocycles. The quantitative estimate of drug-likeness (QED) is 0.699. The average Bonchev–Trinajstić information content (AvgIpc) is 2.34. The van der Waals surface area contributed by atoms with Gasteiger partial charge in [-0.05, 0) is 51.9 Å². The molecular weight excluding hydrogens is 277 g/mol. The summed E-state index contributed by atoms with van der Waals surface area (Å²) >= 11 is 0. The highest BCUT2D eigenvalue weighted by atomic mass is 19.1. The molecule has 21 heavy (non-hydrogen) atoms. The number of methoxy groups -OCH3 is 1. The van der Waals surface area contributed by atoms with Gasteiger partial charge in [0.2, 0.25) is 5.67 Å². The van der Waals surface area contributed by atoms with Crippen molar-refractivity contribution in [1.82, 2.24) is 4.90 Å². The van der Waals surface area contributed by atoms with Gasteiger partial charge in [-0.25, -0.2) is 14.0 Å². The summed E-state index contributed by atoms with van der Waals surface area (Å²) < 4.78 is 24.2. The maximum atomic E-state index is 14.3. The number of rotatable bonds is 1. The summed E-state index contributed by atoms with van der Waals surface area (Å²) in [4.78, 5) is 25.2. The Morgan fingerprint density at radius 1 is 1.24 bits per heavy atom. The zero-order valence-electron chi connectivity index (χ0n) is 13.2. The molecule has 0 atom stereocenters. The van der Waals surface area contributed by atoms with E-state index in [1.807, 2.05) is 20.8 Å². The van der Waals surface area contributed by atoms with Crippen LogP contribution in [0.15, 0.2) is 0 Å². The Labute approximate surface area is 124 Å². The van der Waals surface area contributed by atoms with Gasteiger partial charge in [-0.15, -0.1) is 0 Å². The van der Waals surface area contributed by atoms with Gasteiger partial charge in [0.1, 0.15) is 5.60 Å². The zero-order chi connectivity index (χ0) is 15.9. The van der Waals surface area contributed by atoms with E-state index in [-0.39, 0.29) is 24.3 Å². The van der Waals surface area contributed by atoms with Crippen LogP contribution in [-0.4, -0.2) is 48.4 Å². The van der Waals surface area contributed by atoms with E-state index in [0.717, 1.165) is 12.8 Å². The fourth-order valence-corrected chi connectivity index (χ4v) is 3.44. The molecule has 1 amide bonds. The molecule has 6 heteroatoms. The van der Waals surface area contributed by atoms with Crippen LogP contribution in [-0.2, 0) is 14.3 Å². The highest BCUT2D eigenvalue weighted by Gasteiger charge is 2.61. The first-order chi connectivity index (χ1) is 9.59. The Morgan fingerprint density at radius 3 is 2.38 bits per heavy atom. The molecule has 1 heterocycles. The van der Waals surface area contributed by atoms with Crippen molar-refractivity contribution in [2.75, 3.05) is 20.2 Å². The number of likely N-dealkylation sites (tertiary alicyclic amines) is 1. The molecule has 1 saturated heterocycles.